The Labute approximate surface area is 172 Å². The second kappa shape index (κ2) is 9.94. The largest absolute Gasteiger partial charge is 0.496 e. The fourth-order valence-corrected chi connectivity index (χ4v) is 3.87. The summed E-state index contributed by atoms with van der Waals surface area (Å²) in [6, 6.07) is 8.53. The first-order valence-electron chi connectivity index (χ1n) is 10.2. The van der Waals surface area contributed by atoms with Crippen molar-refractivity contribution in [3.63, 3.8) is 0 Å². The molecule has 1 heterocycles. The molecule has 0 saturated heterocycles. The highest BCUT2D eigenvalue weighted by Gasteiger charge is 2.26. The first-order chi connectivity index (χ1) is 14.1. The minimum atomic E-state index is -0.279. The third kappa shape index (κ3) is 4.82. The molecule has 29 heavy (non-hydrogen) atoms. The van der Waals surface area contributed by atoms with E-state index in [4.69, 9.17) is 14.2 Å². The molecule has 1 N–H and O–H groups in total. The highest BCUT2D eigenvalue weighted by molar-refractivity contribution is 5.53. The number of rotatable bonds is 9. The van der Waals surface area contributed by atoms with Crippen LogP contribution in [0.5, 0.6) is 17.2 Å². The van der Waals surface area contributed by atoms with Gasteiger partial charge in [0.15, 0.2) is 11.5 Å². The fraction of sp³-hybridized carbons (Fsp3) is 0.478. The first kappa shape index (κ1) is 21.4. The van der Waals surface area contributed by atoms with Crippen molar-refractivity contribution in [3.8, 4) is 17.2 Å². The summed E-state index contributed by atoms with van der Waals surface area (Å²) in [6.07, 6.45) is 0.875. The maximum Gasteiger partial charge on any atom is 0.161 e. The normalized spacial score (nSPS) is 15.9. The van der Waals surface area contributed by atoms with Crippen molar-refractivity contribution in [1.29, 1.82) is 0 Å². The van der Waals surface area contributed by atoms with Gasteiger partial charge in [0.25, 0.3) is 0 Å². The molecular weight excluding hydrogens is 371 g/mol. The molecule has 3 rings (SSSR count). The van der Waals surface area contributed by atoms with E-state index in [0.29, 0.717) is 18.1 Å². The molecule has 0 fully saturated rings. The van der Waals surface area contributed by atoms with Gasteiger partial charge in [-0.05, 0) is 61.0 Å². The lowest BCUT2D eigenvalue weighted by Crippen LogP contribution is -2.31. The van der Waals surface area contributed by atoms with Crippen LogP contribution in [0.1, 0.15) is 36.6 Å². The summed E-state index contributed by atoms with van der Waals surface area (Å²) in [5, 5.41) is 3.50. The van der Waals surface area contributed by atoms with E-state index in [0.717, 1.165) is 49.5 Å². The third-order valence-electron chi connectivity index (χ3n) is 5.54. The van der Waals surface area contributed by atoms with Crippen LogP contribution in [0.2, 0.25) is 0 Å². The summed E-state index contributed by atoms with van der Waals surface area (Å²) in [6.45, 7) is 8.50. The Bertz CT molecular complexity index is 824. The molecule has 0 spiro atoms. The van der Waals surface area contributed by atoms with E-state index >= 15 is 0 Å². The SMILES string of the molecule is CCN(CC)CCOc1cc2c(cc1OC)CCNC2c1cc(F)ccc1OC. The molecule has 1 aliphatic heterocycles. The molecule has 158 valence electrons. The van der Waals surface area contributed by atoms with E-state index in [2.05, 4.69) is 24.1 Å². The third-order valence-corrected chi connectivity index (χ3v) is 5.54. The smallest absolute Gasteiger partial charge is 0.161 e. The Morgan fingerprint density at radius 1 is 1.00 bits per heavy atom. The summed E-state index contributed by atoms with van der Waals surface area (Å²) < 4.78 is 31.2. The molecule has 0 saturated carbocycles. The van der Waals surface area contributed by atoms with Crippen LogP contribution in [0.4, 0.5) is 4.39 Å². The Kier molecular flexibility index (Phi) is 7.34. The molecule has 1 unspecified atom stereocenters. The zero-order valence-corrected chi connectivity index (χ0v) is 17.8. The summed E-state index contributed by atoms with van der Waals surface area (Å²) in [7, 11) is 3.27. The molecule has 0 aromatic heterocycles. The molecule has 0 radical (unpaired) electrons. The van der Waals surface area contributed by atoms with E-state index in [1.807, 2.05) is 12.1 Å². The predicted octanol–water partition coefficient (Wildman–Crippen LogP) is 3.80. The molecule has 6 heteroatoms. The van der Waals surface area contributed by atoms with Crippen molar-refractivity contribution in [3.05, 3.63) is 52.8 Å². The molecule has 1 aliphatic rings. The lowest BCUT2D eigenvalue weighted by Gasteiger charge is -2.29. The van der Waals surface area contributed by atoms with Gasteiger partial charge in [0.1, 0.15) is 18.2 Å². The Balaban J connectivity index is 1.93. The lowest BCUT2D eigenvalue weighted by molar-refractivity contribution is 0.217. The van der Waals surface area contributed by atoms with Crippen LogP contribution in [0.3, 0.4) is 0 Å². The van der Waals surface area contributed by atoms with Crippen LogP contribution in [-0.2, 0) is 6.42 Å². The second-order valence-electron chi connectivity index (χ2n) is 7.10. The summed E-state index contributed by atoms with van der Waals surface area (Å²) in [4.78, 5) is 2.31. The van der Waals surface area contributed by atoms with E-state index in [9.17, 15) is 4.39 Å². The van der Waals surface area contributed by atoms with Crippen LogP contribution in [0, 0.1) is 5.82 Å². The Morgan fingerprint density at radius 2 is 1.76 bits per heavy atom. The van der Waals surface area contributed by atoms with E-state index in [-0.39, 0.29) is 11.9 Å². The lowest BCUT2D eigenvalue weighted by atomic mass is 9.89. The van der Waals surface area contributed by atoms with Gasteiger partial charge in [-0.1, -0.05) is 13.8 Å². The van der Waals surface area contributed by atoms with Crippen molar-refractivity contribution < 1.29 is 18.6 Å². The van der Waals surface area contributed by atoms with Gasteiger partial charge in [-0.25, -0.2) is 4.39 Å². The standard InChI is InChI=1S/C23H31FN2O3/c1-5-26(6-2)11-12-29-22-15-18-16(13-21(22)28-4)9-10-25-23(18)19-14-17(24)7-8-20(19)27-3/h7-8,13-15,23,25H,5-6,9-12H2,1-4H3. The van der Waals surface area contributed by atoms with Gasteiger partial charge < -0.3 is 24.4 Å². The summed E-state index contributed by atoms with van der Waals surface area (Å²) in [5.74, 6) is 1.83. The van der Waals surface area contributed by atoms with Crippen molar-refractivity contribution in [2.45, 2.75) is 26.3 Å². The van der Waals surface area contributed by atoms with Gasteiger partial charge in [-0.2, -0.15) is 0 Å². The van der Waals surface area contributed by atoms with Gasteiger partial charge >= 0.3 is 0 Å². The number of hydrogen-bond acceptors (Lipinski definition) is 5. The molecule has 0 bridgehead atoms. The number of hydrogen-bond donors (Lipinski definition) is 1. The van der Waals surface area contributed by atoms with Crippen molar-refractivity contribution in [2.24, 2.45) is 0 Å². The number of fused-ring (bicyclic) bond motifs is 1. The maximum absolute atomic E-state index is 14.0. The highest BCUT2D eigenvalue weighted by Crippen LogP contribution is 2.40. The number of halogens is 1. The van der Waals surface area contributed by atoms with Crippen LogP contribution in [0.25, 0.3) is 0 Å². The average molecular weight is 403 g/mol. The minimum Gasteiger partial charge on any atom is -0.496 e. The average Bonchev–Trinajstić information content (AvgIpc) is 2.75. The van der Waals surface area contributed by atoms with Crippen LogP contribution < -0.4 is 19.5 Å². The monoisotopic (exact) mass is 402 g/mol. The highest BCUT2D eigenvalue weighted by atomic mass is 19.1. The molecule has 0 amide bonds. The maximum atomic E-state index is 14.0. The van der Waals surface area contributed by atoms with Crippen LogP contribution in [-0.4, -0.2) is 51.9 Å². The molecule has 2 aromatic carbocycles. The van der Waals surface area contributed by atoms with Crippen LogP contribution >= 0.6 is 0 Å². The molecule has 5 nitrogen and oxygen atoms in total. The van der Waals surface area contributed by atoms with Gasteiger partial charge in [0.2, 0.25) is 0 Å². The van der Waals surface area contributed by atoms with Crippen molar-refractivity contribution >= 4 is 0 Å². The summed E-state index contributed by atoms with van der Waals surface area (Å²) >= 11 is 0. The van der Waals surface area contributed by atoms with Gasteiger partial charge in [-0.3, -0.25) is 0 Å². The number of likely N-dealkylation sites (N-methyl/N-ethyl adjacent to an activating group) is 1. The number of benzene rings is 2. The molecular formula is C23H31FN2O3. The molecule has 2 aromatic rings. The van der Waals surface area contributed by atoms with Crippen molar-refractivity contribution in [1.82, 2.24) is 10.2 Å². The number of methoxy groups -OCH3 is 2. The number of nitrogens with one attached hydrogen (secondary N) is 1. The predicted molar refractivity (Wildman–Crippen MR) is 113 cm³/mol. The van der Waals surface area contributed by atoms with Gasteiger partial charge in [-0.15, -0.1) is 0 Å². The van der Waals surface area contributed by atoms with E-state index < -0.39 is 0 Å². The molecule has 1 atom stereocenters. The molecule has 0 aliphatic carbocycles. The van der Waals surface area contributed by atoms with Gasteiger partial charge in [0, 0.05) is 18.7 Å². The van der Waals surface area contributed by atoms with Crippen molar-refractivity contribution in [2.75, 3.05) is 47.0 Å². The summed E-state index contributed by atoms with van der Waals surface area (Å²) in [5.41, 5.74) is 3.03. The second-order valence-corrected chi connectivity index (χ2v) is 7.10. The fourth-order valence-electron chi connectivity index (χ4n) is 3.87. The van der Waals surface area contributed by atoms with E-state index in [1.54, 1.807) is 20.3 Å². The zero-order valence-electron chi connectivity index (χ0n) is 17.8. The minimum absolute atomic E-state index is 0.166. The Morgan fingerprint density at radius 3 is 2.45 bits per heavy atom. The number of nitrogens with zero attached hydrogens (tertiary/aromatic N) is 1. The Hall–Kier alpha value is -2.31. The quantitative estimate of drug-likeness (QED) is 0.691. The van der Waals surface area contributed by atoms with E-state index in [1.165, 1.54) is 17.7 Å². The first-order valence-corrected chi connectivity index (χ1v) is 10.2. The van der Waals surface area contributed by atoms with Gasteiger partial charge in [0.05, 0.1) is 20.3 Å². The van der Waals surface area contributed by atoms with Crippen LogP contribution in [0.15, 0.2) is 30.3 Å². The number of ether oxygens (including phenoxy) is 3. The topological polar surface area (TPSA) is 43.0 Å². The zero-order chi connectivity index (χ0) is 20.8.